The highest BCUT2D eigenvalue weighted by atomic mass is 31.0. The molecule has 0 aliphatic carbocycles. The summed E-state index contributed by atoms with van der Waals surface area (Å²) in [7, 11) is 3.02. The summed E-state index contributed by atoms with van der Waals surface area (Å²) in [5.74, 6) is 1.53. The molecule has 0 rings (SSSR count). The van der Waals surface area contributed by atoms with Gasteiger partial charge in [-0.05, 0) is 23.4 Å². The van der Waals surface area contributed by atoms with Gasteiger partial charge >= 0.3 is 0 Å². The van der Waals surface area contributed by atoms with Crippen LogP contribution in [0.1, 0.15) is 41.0 Å². The first kappa shape index (κ1) is 10.4. The number of rotatable bonds is 3. The fraction of sp³-hybridized carbons (Fsp3) is 1.00. The maximum absolute atomic E-state index is 3.02. The van der Waals surface area contributed by atoms with Crippen LogP contribution < -0.4 is 0 Å². The van der Waals surface area contributed by atoms with Gasteiger partial charge in [0.1, 0.15) is 0 Å². The normalized spacial score (nSPS) is 13.2. The van der Waals surface area contributed by atoms with Gasteiger partial charge in [-0.2, -0.15) is 0 Å². The van der Waals surface area contributed by atoms with E-state index in [9.17, 15) is 0 Å². The Morgan fingerprint density at radius 1 is 1.10 bits per heavy atom. The third-order valence-electron chi connectivity index (χ3n) is 2.76. The molecule has 1 unspecified atom stereocenters. The highest BCUT2D eigenvalue weighted by Crippen LogP contribution is 2.38. The molecule has 62 valence electrons. The third kappa shape index (κ3) is 1.95. The zero-order valence-corrected chi connectivity index (χ0v) is 9.09. The van der Waals surface area contributed by atoms with Crippen LogP contribution in [-0.4, -0.2) is 5.16 Å². The van der Waals surface area contributed by atoms with Crippen molar-refractivity contribution in [2.24, 2.45) is 11.8 Å². The summed E-state index contributed by atoms with van der Waals surface area (Å²) >= 11 is 0. The van der Waals surface area contributed by atoms with E-state index < -0.39 is 0 Å². The van der Waals surface area contributed by atoms with Gasteiger partial charge in [0.25, 0.3) is 0 Å². The van der Waals surface area contributed by atoms with Crippen LogP contribution in [-0.2, 0) is 0 Å². The Balaban J connectivity index is 4.23. The molecule has 0 bridgehead atoms. The van der Waals surface area contributed by atoms with E-state index >= 15 is 0 Å². The molecule has 0 saturated heterocycles. The minimum absolute atomic E-state index is 0.458. The Bertz CT molecular complexity index is 86.9. The summed E-state index contributed by atoms with van der Waals surface area (Å²) in [5.41, 5.74) is 0. The summed E-state index contributed by atoms with van der Waals surface area (Å²) in [4.78, 5) is 0. The zero-order valence-electron chi connectivity index (χ0n) is 7.94. The van der Waals surface area contributed by atoms with Crippen LogP contribution in [0.2, 0.25) is 0 Å². The van der Waals surface area contributed by atoms with Crippen LogP contribution in [0.5, 0.6) is 0 Å². The Labute approximate surface area is 68.0 Å². The van der Waals surface area contributed by atoms with Crippen molar-refractivity contribution in [1.82, 2.24) is 0 Å². The molecule has 0 aromatic heterocycles. The molecule has 0 nitrogen and oxygen atoms in total. The van der Waals surface area contributed by atoms with Crippen LogP contribution in [0.3, 0.4) is 0 Å². The largest absolute Gasteiger partial charge is 0.131 e. The van der Waals surface area contributed by atoms with Gasteiger partial charge in [0.15, 0.2) is 0 Å². The Hall–Kier alpha value is 0.430. The van der Waals surface area contributed by atoms with E-state index in [1.807, 2.05) is 0 Å². The van der Waals surface area contributed by atoms with Crippen LogP contribution in [0.15, 0.2) is 0 Å². The lowest BCUT2D eigenvalue weighted by Crippen LogP contribution is -2.32. The van der Waals surface area contributed by atoms with Gasteiger partial charge in [0.05, 0.1) is 0 Å². The van der Waals surface area contributed by atoms with Crippen molar-refractivity contribution < 1.29 is 0 Å². The van der Waals surface area contributed by atoms with Crippen LogP contribution in [0.25, 0.3) is 0 Å². The molecule has 0 aromatic rings. The van der Waals surface area contributed by atoms with Crippen molar-refractivity contribution in [3.63, 3.8) is 0 Å². The highest BCUT2D eigenvalue weighted by molar-refractivity contribution is 7.19. The summed E-state index contributed by atoms with van der Waals surface area (Å²) in [5, 5.41) is 0.458. The van der Waals surface area contributed by atoms with E-state index in [0.717, 1.165) is 11.8 Å². The van der Waals surface area contributed by atoms with Crippen molar-refractivity contribution in [3.8, 4) is 0 Å². The molecule has 0 fully saturated rings. The minimum Gasteiger partial charge on any atom is -0.131 e. The zero-order chi connectivity index (χ0) is 8.36. The lowest BCUT2D eigenvalue weighted by Gasteiger charge is -2.36. The average molecular weight is 160 g/mol. The van der Waals surface area contributed by atoms with Crippen LogP contribution >= 0.6 is 9.24 Å². The smallest absolute Gasteiger partial charge is 0.0107 e. The van der Waals surface area contributed by atoms with Gasteiger partial charge < -0.3 is 0 Å². The van der Waals surface area contributed by atoms with Crippen molar-refractivity contribution >= 4 is 9.24 Å². The molecule has 0 aliphatic rings. The monoisotopic (exact) mass is 160 g/mol. The van der Waals surface area contributed by atoms with Crippen LogP contribution in [0, 0.1) is 11.8 Å². The second-order valence-corrected chi connectivity index (χ2v) is 4.85. The number of hydrogen-bond donors (Lipinski definition) is 0. The summed E-state index contributed by atoms with van der Waals surface area (Å²) in [6.07, 6.45) is 1.26. The average Bonchev–Trinajstić information content (AvgIpc) is 1.85. The Kier molecular flexibility index (Phi) is 3.88. The topological polar surface area (TPSA) is 0 Å². The standard InChI is InChI=1S/C9H21P/c1-6-9(10,7(2)3)8(4)5/h7-8H,6,10H2,1-5H3. The van der Waals surface area contributed by atoms with E-state index in [-0.39, 0.29) is 0 Å². The first-order chi connectivity index (χ1) is 4.45. The Morgan fingerprint density at radius 3 is 1.40 bits per heavy atom. The lowest BCUT2D eigenvalue weighted by molar-refractivity contribution is 0.324. The molecular formula is C9H21P. The van der Waals surface area contributed by atoms with Gasteiger partial charge in [-0.15, -0.1) is 9.24 Å². The summed E-state index contributed by atoms with van der Waals surface area (Å²) in [6, 6.07) is 0. The SMILES string of the molecule is CCC(P)(C(C)C)C(C)C. The molecule has 0 aromatic carbocycles. The second kappa shape index (κ2) is 3.72. The summed E-state index contributed by atoms with van der Waals surface area (Å²) < 4.78 is 0. The maximum Gasteiger partial charge on any atom is -0.0107 e. The molecular weight excluding hydrogens is 139 g/mol. The molecule has 1 heteroatoms. The van der Waals surface area contributed by atoms with E-state index in [0.29, 0.717) is 5.16 Å². The molecule has 0 amide bonds. The predicted molar refractivity (Wildman–Crippen MR) is 52.4 cm³/mol. The van der Waals surface area contributed by atoms with Crippen molar-refractivity contribution in [2.75, 3.05) is 0 Å². The lowest BCUT2D eigenvalue weighted by atomic mass is 9.82. The summed E-state index contributed by atoms with van der Waals surface area (Å²) in [6.45, 7) is 11.5. The van der Waals surface area contributed by atoms with E-state index in [4.69, 9.17) is 0 Å². The van der Waals surface area contributed by atoms with Gasteiger partial charge in [-0.3, -0.25) is 0 Å². The predicted octanol–water partition coefficient (Wildman–Crippen LogP) is 3.32. The van der Waals surface area contributed by atoms with Crippen LogP contribution in [0.4, 0.5) is 0 Å². The van der Waals surface area contributed by atoms with E-state index in [1.54, 1.807) is 0 Å². The Morgan fingerprint density at radius 2 is 1.40 bits per heavy atom. The quantitative estimate of drug-likeness (QED) is 0.555. The van der Waals surface area contributed by atoms with Gasteiger partial charge in [-0.25, -0.2) is 0 Å². The first-order valence-corrected chi connectivity index (χ1v) is 4.81. The molecule has 0 spiro atoms. The van der Waals surface area contributed by atoms with Crippen molar-refractivity contribution in [1.29, 1.82) is 0 Å². The minimum atomic E-state index is 0.458. The fourth-order valence-electron chi connectivity index (χ4n) is 1.48. The fourth-order valence-corrected chi connectivity index (χ4v) is 1.48. The molecule has 1 atom stereocenters. The molecule has 0 saturated carbocycles. The first-order valence-electron chi connectivity index (χ1n) is 4.24. The molecule has 0 aliphatic heterocycles. The molecule has 0 radical (unpaired) electrons. The second-order valence-electron chi connectivity index (χ2n) is 3.78. The number of hydrogen-bond acceptors (Lipinski definition) is 0. The van der Waals surface area contributed by atoms with Gasteiger partial charge in [0, 0.05) is 0 Å². The molecule has 0 N–H and O–H groups in total. The third-order valence-corrected chi connectivity index (χ3v) is 4.50. The van der Waals surface area contributed by atoms with Gasteiger partial charge in [0.2, 0.25) is 0 Å². The van der Waals surface area contributed by atoms with E-state index in [1.165, 1.54) is 6.42 Å². The van der Waals surface area contributed by atoms with E-state index in [2.05, 4.69) is 43.9 Å². The van der Waals surface area contributed by atoms with Crippen molar-refractivity contribution in [3.05, 3.63) is 0 Å². The molecule has 10 heavy (non-hydrogen) atoms. The maximum atomic E-state index is 3.02. The van der Waals surface area contributed by atoms with Gasteiger partial charge in [-0.1, -0.05) is 34.6 Å². The molecule has 0 heterocycles. The highest BCUT2D eigenvalue weighted by Gasteiger charge is 2.29. The van der Waals surface area contributed by atoms with Crippen molar-refractivity contribution in [2.45, 2.75) is 46.2 Å².